The monoisotopic (exact) mass is 339 g/mol. The van der Waals surface area contributed by atoms with Crippen molar-refractivity contribution in [3.8, 4) is 5.75 Å². The lowest BCUT2D eigenvalue weighted by Gasteiger charge is -2.31. The van der Waals surface area contributed by atoms with Gasteiger partial charge in [-0.15, -0.1) is 0 Å². The van der Waals surface area contributed by atoms with E-state index in [1.54, 1.807) is 7.11 Å². The van der Waals surface area contributed by atoms with Gasteiger partial charge in [-0.25, -0.2) is 8.42 Å². The molecule has 5 nitrogen and oxygen atoms in total. The maximum Gasteiger partial charge on any atom is 0.150 e. The van der Waals surface area contributed by atoms with E-state index in [0.717, 1.165) is 37.1 Å². The molecule has 3 rings (SSSR count). The average Bonchev–Trinajstić information content (AvgIpc) is 2.90. The molecular weight excluding hydrogens is 314 g/mol. The maximum atomic E-state index is 11.6. The van der Waals surface area contributed by atoms with Gasteiger partial charge in [0.15, 0.2) is 0 Å². The molecule has 1 aromatic rings. The molecule has 2 fully saturated rings. The lowest BCUT2D eigenvalue weighted by Crippen LogP contribution is -2.34. The number of nitrogens with zero attached hydrogens (tertiary/aromatic N) is 1. The number of aliphatic hydroxyl groups is 1. The van der Waals surface area contributed by atoms with Crippen LogP contribution in [0.5, 0.6) is 5.75 Å². The topological polar surface area (TPSA) is 66.8 Å². The zero-order chi connectivity index (χ0) is 16.4. The standard InChI is InChI=1S/C17H25NO4S/c1-22-16-4-2-3-14(9-16)17-10-15(19)12-18(17)11-13-5-7-23(20,21)8-6-13/h2-4,9,13,15,17,19H,5-8,10-12H2,1H3/t15-,17+/m0/s1. The first-order valence-electron chi connectivity index (χ1n) is 8.23. The summed E-state index contributed by atoms with van der Waals surface area (Å²) in [6.45, 7) is 1.51. The van der Waals surface area contributed by atoms with Gasteiger partial charge in [-0.3, -0.25) is 4.90 Å². The highest BCUT2D eigenvalue weighted by molar-refractivity contribution is 7.91. The smallest absolute Gasteiger partial charge is 0.150 e. The second-order valence-electron chi connectivity index (χ2n) is 6.73. The number of hydrogen-bond donors (Lipinski definition) is 1. The highest BCUT2D eigenvalue weighted by Gasteiger charge is 2.34. The number of aliphatic hydroxyl groups excluding tert-OH is 1. The fraction of sp³-hybridized carbons (Fsp3) is 0.647. The maximum absolute atomic E-state index is 11.6. The summed E-state index contributed by atoms with van der Waals surface area (Å²) in [5.41, 5.74) is 1.16. The predicted octanol–water partition coefficient (Wildman–Crippen LogP) is 1.63. The molecule has 0 spiro atoms. The molecule has 6 heteroatoms. The Hall–Kier alpha value is -1.11. The first-order chi connectivity index (χ1) is 11.0. The van der Waals surface area contributed by atoms with Crippen molar-refractivity contribution in [3.63, 3.8) is 0 Å². The molecule has 23 heavy (non-hydrogen) atoms. The number of β-amino-alcohol motifs (C(OH)–C–C–N with tert-alkyl or cyclic N) is 1. The summed E-state index contributed by atoms with van der Waals surface area (Å²) >= 11 is 0. The molecule has 2 atom stereocenters. The normalized spacial score (nSPS) is 28.8. The molecule has 0 amide bonds. The molecule has 1 N–H and O–H groups in total. The van der Waals surface area contributed by atoms with E-state index in [9.17, 15) is 13.5 Å². The van der Waals surface area contributed by atoms with Crippen molar-refractivity contribution in [2.75, 3.05) is 31.7 Å². The van der Waals surface area contributed by atoms with Crippen molar-refractivity contribution < 1.29 is 18.3 Å². The Kier molecular flexibility index (Phi) is 4.94. The van der Waals surface area contributed by atoms with E-state index in [4.69, 9.17) is 4.74 Å². The molecule has 0 unspecified atom stereocenters. The van der Waals surface area contributed by atoms with Gasteiger partial charge in [0, 0.05) is 19.1 Å². The average molecular weight is 339 g/mol. The molecule has 0 aromatic heterocycles. The molecule has 1 aromatic carbocycles. The molecule has 0 aliphatic carbocycles. The Morgan fingerprint density at radius 1 is 1.30 bits per heavy atom. The van der Waals surface area contributed by atoms with Crippen molar-refractivity contribution >= 4 is 9.84 Å². The summed E-state index contributed by atoms with van der Waals surface area (Å²) in [6, 6.07) is 8.18. The lowest BCUT2D eigenvalue weighted by molar-refractivity contribution is 0.163. The van der Waals surface area contributed by atoms with Crippen molar-refractivity contribution in [1.29, 1.82) is 0 Å². The van der Waals surface area contributed by atoms with Crippen LogP contribution >= 0.6 is 0 Å². The third-order valence-corrected chi connectivity index (χ3v) is 6.74. The van der Waals surface area contributed by atoms with Gasteiger partial charge in [0.1, 0.15) is 15.6 Å². The lowest BCUT2D eigenvalue weighted by atomic mass is 9.99. The number of hydrogen-bond acceptors (Lipinski definition) is 5. The van der Waals surface area contributed by atoms with E-state index >= 15 is 0 Å². The third kappa shape index (κ3) is 4.05. The van der Waals surface area contributed by atoms with Gasteiger partial charge in [0.25, 0.3) is 0 Å². The van der Waals surface area contributed by atoms with Crippen LogP contribution in [0.1, 0.15) is 30.9 Å². The Bertz CT molecular complexity index is 632. The van der Waals surface area contributed by atoms with Crippen LogP contribution in [0.15, 0.2) is 24.3 Å². The van der Waals surface area contributed by atoms with Crippen LogP contribution in [-0.4, -0.2) is 56.2 Å². The predicted molar refractivity (Wildman–Crippen MR) is 89.3 cm³/mol. The fourth-order valence-corrected chi connectivity index (χ4v) is 5.32. The largest absolute Gasteiger partial charge is 0.497 e. The SMILES string of the molecule is COc1cccc([C@H]2C[C@H](O)CN2CC2CCS(=O)(=O)CC2)c1. The minimum atomic E-state index is -2.82. The van der Waals surface area contributed by atoms with E-state index in [1.807, 2.05) is 18.2 Å². The van der Waals surface area contributed by atoms with E-state index in [1.165, 1.54) is 0 Å². The summed E-state index contributed by atoms with van der Waals surface area (Å²) in [5.74, 6) is 1.83. The van der Waals surface area contributed by atoms with Crippen LogP contribution in [0.25, 0.3) is 0 Å². The Balaban J connectivity index is 1.70. The Morgan fingerprint density at radius 3 is 2.74 bits per heavy atom. The highest BCUT2D eigenvalue weighted by Crippen LogP contribution is 2.35. The number of methoxy groups -OCH3 is 1. The van der Waals surface area contributed by atoms with Gasteiger partial charge in [0.05, 0.1) is 24.7 Å². The number of sulfone groups is 1. The van der Waals surface area contributed by atoms with Crippen molar-refractivity contribution in [2.24, 2.45) is 5.92 Å². The van der Waals surface area contributed by atoms with E-state index in [-0.39, 0.29) is 12.1 Å². The van der Waals surface area contributed by atoms with E-state index < -0.39 is 9.84 Å². The van der Waals surface area contributed by atoms with Gasteiger partial charge in [-0.2, -0.15) is 0 Å². The number of likely N-dealkylation sites (tertiary alicyclic amines) is 1. The number of ether oxygens (including phenoxy) is 1. The first-order valence-corrected chi connectivity index (χ1v) is 10.1. The minimum Gasteiger partial charge on any atom is -0.497 e. The number of benzene rings is 1. The molecule has 2 aliphatic rings. The van der Waals surface area contributed by atoms with E-state index in [0.29, 0.717) is 24.0 Å². The van der Waals surface area contributed by atoms with Crippen LogP contribution < -0.4 is 4.74 Å². The Morgan fingerprint density at radius 2 is 2.04 bits per heavy atom. The summed E-state index contributed by atoms with van der Waals surface area (Å²) in [4.78, 5) is 2.31. The van der Waals surface area contributed by atoms with Crippen LogP contribution in [0, 0.1) is 5.92 Å². The van der Waals surface area contributed by atoms with Crippen LogP contribution in [0.4, 0.5) is 0 Å². The molecule has 2 heterocycles. The second kappa shape index (κ2) is 6.79. The van der Waals surface area contributed by atoms with Crippen LogP contribution in [-0.2, 0) is 9.84 Å². The van der Waals surface area contributed by atoms with Gasteiger partial charge in [-0.05, 0) is 42.9 Å². The minimum absolute atomic E-state index is 0.179. The first kappa shape index (κ1) is 16.7. The quantitative estimate of drug-likeness (QED) is 0.903. The fourth-order valence-electron chi connectivity index (χ4n) is 3.73. The highest BCUT2D eigenvalue weighted by atomic mass is 32.2. The molecule has 2 aliphatic heterocycles. The molecule has 0 radical (unpaired) electrons. The zero-order valence-electron chi connectivity index (χ0n) is 13.5. The van der Waals surface area contributed by atoms with Crippen molar-refractivity contribution in [3.05, 3.63) is 29.8 Å². The van der Waals surface area contributed by atoms with Crippen molar-refractivity contribution in [2.45, 2.75) is 31.4 Å². The van der Waals surface area contributed by atoms with E-state index in [2.05, 4.69) is 11.0 Å². The molecular formula is C17H25NO4S. The third-order valence-electron chi connectivity index (χ3n) is 5.03. The van der Waals surface area contributed by atoms with Gasteiger partial charge in [0.2, 0.25) is 0 Å². The van der Waals surface area contributed by atoms with Crippen LogP contribution in [0.3, 0.4) is 0 Å². The van der Waals surface area contributed by atoms with Crippen molar-refractivity contribution in [1.82, 2.24) is 4.90 Å². The zero-order valence-corrected chi connectivity index (χ0v) is 14.3. The summed E-state index contributed by atoms with van der Waals surface area (Å²) in [6.07, 6.45) is 1.87. The number of rotatable bonds is 4. The van der Waals surface area contributed by atoms with Gasteiger partial charge in [-0.1, -0.05) is 12.1 Å². The summed E-state index contributed by atoms with van der Waals surface area (Å²) in [7, 11) is -1.16. The van der Waals surface area contributed by atoms with Gasteiger partial charge < -0.3 is 9.84 Å². The molecule has 2 saturated heterocycles. The molecule has 0 saturated carbocycles. The van der Waals surface area contributed by atoms with Crippen LogP contribution in [0.2, 0.25) is 0 Å². The summed E-state index contributed by atoms with van der Waals surface area (Å²) < 4.78 is 28.5. The summed E-state index contributed by atoms with van der Waals surface area (Å²) in [5, 5.41) is 10.1. The van der Waals surface area contributed by atoms with Gasteiger partial charge >= 0.3 is 0 Å². The molecule has 0 bridgehead atoms. The Labute approximate surface area is 138 Å². The second-order valence-corrected chi connectivity index (χ2v) is 9.03. The molecule has 128 valence electrons.